The van der Waals surface area contributed by atoms with E-state index in [4.69, 9.17) is 9.47 Å². The Balaban J connectivity index is 2.64. The quantitative estimate of drug-likeness (QED) is 0.632. The van der Waals surface area contributed by atoms with Crippen molar-refractivity contribution in [3.8, 4) is 12.0 Å². The Morgan fingerprint density at radius 3 is 2.15 bits per heavy atom. The summed E-state index contributed by atoms with van der Waals surface area (Å²) in [7, 11) is -2.10. The number of alkyl halides is 2. The molecule has 0 amide bonds. The molecule has 27 heavy (non-hydrogen) atoms. The van der Waals surface area contributed by atoms with Gasteiger partial charge in [-0.2, -0.15) is 18.7 Å². The van der Waals surface area contributed by atoms with Crippen molar-refractivity contribution in [3.05, 3.63) is 35.4 Å². The van der Waals surface area contributed by atoms with E-state index in [9.17, 15) is 26.4 Å². The van der Waals surface area contributed by atoms with Gasteiger partial charge in [0.25, 0.3) is 10.0 Å². The lowest BCUT2D eigenvalue weighted by molar-refractivity contribution is 0.102. The normalized spacial score (nSPS) is 11.4. The fourth-order valence-corrected chi connectivity index (χ4v) is 2.69. The third-order valence-corrected chi connectivity index (χ3v) is 4.71. The molecule has 0 bridgehead atoms. The average molecular weight is 406 g/mol. The van der Waals surface area contributed by atoms with E-state index in [1.807, 2.05) is 0 Å². The number of sulfonamides is 1. The summed E-state index contributed by atoms with van der Waals surface area (Å²) in [5.41, 5.74) is -1.43. The second-order valence-corrected chi connectivity index (χ2v) is 6.80. The number of ether oxygens (including phenoxy) is 2. The molecule has 0 saturated carbocycles. The Morgan fingerprint density at radius 2 is 1.67 bits per heavy atom. The van der Waals surface area contributed by atoms with Gasteiger partial charge in [0, 0.05) is 7.05 Å². The highest BCUT2D eigenvalue weighted by Crippen LogP contribution is 2.29. The van der Waals surface area contributed by atoms with Gasteiger partial charge in [0.05, 0.1) is 25.5 Å². The first-order valence-electron chi connectivity index (χ1n) is 7.06. The van der Waals surface area contributed by atoms with Crippen LogP contribution in [0.25, 0.3) is 0 Å². The second kappa shape index (κ2) is 7.73. The van der Waals surface area contributed by atoms with Gasteiger partial charge in [-0.15, -0.1) is 4.98 Å². The molecule has 0 N–H and O–H groups in total. The number of para-hydroxylation sites is 1. The van der Waals surface area contributed by atoms with Gasteiger partial charge in [-0.3, -0.25) is 9.10 Å². The van der Waals surface area contributed by atoms with Crippen molar-refractivity contribution in [1.29, 1.82) is 0 Å². The largest absolute Gasteiger partial charge is 0.467 e. The standard InChI is InChI=1S/C14H13F3N4O5S/c1-21(27(23,24)12(16)17)9-7(5-4-6-8(9)15)10(22)11-18-13(25-2)20-14(19-11)26-3/h4-6,12H,1-3H3. The maximum Gasteiger partial charge on any atom is 0.355 e. The molecule has 1 aromatic carbocycles. The molecule has 0 fully saturated rings. The zero-order valence-corrected chi connectivity index (χ0v) is 15.0. The molecule has 146 valence electrons. The molecule has 2 rings (SSSR count). The summed E-state index contributed by atoms with van der Waals surface area (Å²) < 4.78 is 72.9. The number of ketones is 1. The van der Waals surface area contributed by atoms with E-state index in [1.54, 1.807) is 0 Å². The predicted octanol–water partition coefficient (Wildman–Crippen LogP) is 1.25. The van der Waals surface area contributed by atoms with Gasteiger partial charge >= 0.3 is 17.8 Å². The zero-order chi connectivity index (χ0) is 20.4. The molecule has 9 nitrogen and oxygen atoms in total. The molecule has 13 heteroatoms. The van der Waals surface area contributed by atoms with Crippen LogP contribution in [0.3, 0.4) is 0 Å². The summed E-state index contributed by atoms with van der Waals surface area (Å²) in [6, 6.07) is 2.37. The lowest BCUT2D eigenvalue weighted by Crippen LogP contribution is -2.33. The van der Waals surface area contributed by atoms with Crippen molar-refractivity contribution >= 4 is 21.5 Å². The van der Waals surface area contributed by atoms with Crippen LogP contribution in [0.2, 0.25) is 0 Å². The van der Waals surface area contributed by atoms with E-state index >= 15 is 0 Å². The van der Waals surface area contributed by atoms with Crippen LogP contribution in [-0.2, 0) is 10.0 Å². The number of halogens is 3. The van der Waals surface area contributed by atoms with E-state index in [1.165, 1.54) is 14.2 Å². The van der Waals surface area contributed by atoms with Crippen LogP contribution in [0.15, 0.2) is 18.2 Å². The smallest absolute Gasteiger partial charge is 0.355 e. The number of aromatic nitrogens is 3. The SMILES string of the molecule is COc1nc(OC)nc(C(=O)c2cccc(F)c2N(C)S(=O)(=O)C(F)F)n1. The highest BCUT2D eigenvalue weighted by Gasteiger charge is 2.34. The third-order valence-electron chi connectivity index (χ3n) is 3.32. The Bertz CT molecular complexity index is 949. The summed E-state index contributed by atoms with van der Waals surface area (Å²) >= 11 is 0. The number of carbonyl (C=O) groups is 1. The van der Waals surface area contributed by atoms with Gasteiger partial charge in [0.15, 0.2) is 0 Å². The summed E-state index contributed by atoms with van der Waals surface area (Å²) in [5.74, 6) is -6.64. The minimum Gasteiger partial charge on any atom is -0.467 e. The summed E-state index contributed by atoms with van der Waals surface area (Å²) in [6.07, 6.45) is 0. The van der Waals surface area contributed by atoms with Crippen molar-refractivity contribution < 1.29 is 35.9 Å². The molecular weight excluding hydrogens is 393 g/mol. The van der Waals surface area contributed by atoms with Crippen molar-refractivity contribution in [1.82, 2.24) is 15.0 Å². The van der Waals surface area contributed by atoms with E-state index in [0.717, 1.165) is 18.2 Å². The maximum atomic E-state index is 14.3. The first-order chi connectivity index (χ1) is 12.6. The molecule has 0 saturated heterocycles. The van der Waals surface area contributed by atoms with E-state index < -0.39 is 44.5 Å². The first kappa shape index (κ1) is 20.4. The Kier molecular flexibility index (Phi) is 5.83. The van der Waals surface area contributed by atoms with Crippen LogP contribution in [0, 0.1) is 5.82 Å². The van der Waals surface area contributed by atoms with E-state index in [2.05, 4.69) is 15.0 Å². The van der Waals surface area contributed by atoms with Gasteiger partial charge < -0.3 is 9.47 Å². The van der Waals surface area contributed by atoms with E-state index in [0.29, 0.717) is 7.05 Å². The molecular formula is C14H13F3N4O5S. The molecule has 0 aliphatic heterocycles. The van der Waals surface area contributed by atoms with Gasteiger partial charge in [-0.25, -0.2) is 12.8 Å². The van der Waals surface area contributed by atoms with Gasteiger partial charge in [0.2, 0.25) is 11.6 Å². The number of hydrogen-bond donors (Lipinski definition) is 0. The van der Waals surface area contributed by atoms with Crippen molar-refractivity contribution in [2.24, 2.45) is 0 Å². The van der Waals surface area contributed by atoms with Gasteiger partial charge in [-0.05, 0) is 12.1 Å². The van der Waals surface area contributed by atoms with Crippen molar-refractivity contribution in [2.45, 2.75) is 5.76 Å². The second-order valence-electron chi connectivity index (χ2n) is 4.87. The van der Waals surface area contributed by atoms with Gasteiger partial charge in [-0.1, -0.05) is 6.07 Å². The lowest BCUT2D eigenvalue weighted by Gasteiger charge is -2.21. The summed E-state index contributed by atoms with van der Waals surface area (Å²) in [4.78, 5) is 23.8. The third kappa shape index (κ3) is 3.92. The number of carbonyl (C=O) groups excluding carboxylic acids is 1. The first-order valence-corrected chi connectivity index (χ1v) is 8.57. The number of nitrogens with zero attached hydrogens (tertiary/aromatic N) is 4. The molecule has 2 aromatic rings. The number of anilines is 1. The molecule has 0 unspecified atom stereocenters. The van der Waals surface area contributed by atoms with Crippen molar-refractivity contribution in [2.75, 3.05) is 25.6 Å². The fourth-order valence-electron chi connectivity index (χ4n) is 2.01. The van der Waals surface area contributed by atoms with Crippen LogP contribution < -0.4 is 13.8 Å². The zero-order valence-electron chi connectivity index (χ0n) is 14.2. The predicted molar refractivity (Wildman–Crippen MR) is 86.1 cm³/mol. The van der Waals surface area contributed by atoms with E-state index in [-0.39, 0.29) is 16.3 Å². The van der Waals surface area contributed by atoms with Crippen LogP contribution in [0.1, 0.15) is 16.2 Å². The molecule has 0 aliphatic carbocycles. The number of benzene rings is 1. The average Bonchev–Trinajstić information content (AvgIpc) is 2.65. The monoisotopic (exact) mass is 406 g/mol. The maximum absolute atomic E-state index is 14.3. The molecule has 0 aliphatic rings. The Hall–Kier alpha value is -2.96. The number of rotatable bonds is 7. The summed E-state index contributed by atoms with van der Waals surface area (Å²) in [6.45, 7) is 0. The lowest BCUT2D eigenvalue weighted by atomic mass is 10.1. The molecule has 1 heterocycles. The topological polar surface area (TPSA) is 112 Å². The van der Waals surface area contributed by atoms with Crippen LogP contribution in [0.4, 0.5) is 18.9 Å². The van der Waals surface area contributed by atoms with Crippen LogP contribution in [-0.4, -0.2) is 56.2 Å². The molecule has 1 aromatic heterocycles. The van der Waals surface area contributed by atoms with Gasteiger partial charge in [0.1, 0.15) is 5.82 Å². The Labute approximate surface area is 151 Å². The minimum absolute atomic E-state index is 0.00408. The molecule has 0 spiro atoms. The molecule has 0 radical (unpaired) electrons. The molecule has 0 atom stereocenters. The summed E-state index contributed by atoms with van der Waals surface area (Å²) in [5, 5.41) is 0. The van der Waals surface area contributed by atoms with Crippen molar-refractivity contribution in [3.63, 3.8) is 0 Å². The number of methoxy groups -OCH3 is 2. The van der Waals surface area contributed by atoms with Crippen LogP contribution in [0.5, 0.6) is 12.0 Å². The highest BCUT2D eigenvalue weighted by atomic mass is 32.2. The van der Waals surface area contributed by atoms with Crippen LogP contribution >= 0.6 is 0 Å². The highest BCUT2D eigenvalue weighted by molar-refractivity contribution is 7.93. The minimum atomic E-state index is -5.21. The Morgan fingerprint density at radius 1 is 1.11 bits per heavy atom. The number of hydrogen-bond acceptors (Lipinski definition) is 8. The fraction of sp³-hybridized carbons (Fsp3) is 0.286.